The van der Waals surface area contributed by atoms with Gasteiger partial charge in [0.15, 0.2) is 0 Å². The maximum Gasteiger partial charge on any atom is 0.387 e. The standard InChI is InChI=1S/C18H17F2N3O3S/c1-11(12-3-2-4-14(9-12)25-18(19)20)21-15(24)5-6-16-22-17(23-26-16)13-7-8-27-10-13/h2-4,7-11,18H,5-6H2,1H3,(H,21,24). The monoisotopic (exact) mass is 393 g/mol. The fourth-order valence-electron chi connectivity index (χ4n) is 2.44. The number of carbonyl (C=O) groups excluding carboxylic acids is 1. The number of nitrogens with zero attached hydrogens (tertiary/aromatic N) is 2. The highest BCUT2D eigenvalue weighted by molar-refractivity contribution is 7.08. The summed E-state index contributed by atoms with van der Waals surface area (Å²) in [4.78, 5) is 16.4. The molecule has 3 rings (SSSR count). The SMILES string of the molecule is CC(NC(=O)CCc1nc(-c2ccsc2)no1)c1cccc(OC(F)F)c1. The number of aryl methyl sites for hydroxylation is 1. The Morgan fingerprint density at radius 2 is 2.22 bits per heavy atom. The Bertz CT molecular complexity index is 884. The van der Waals surface area contributed by atoms with Gasteiger partial charge < -0.3 is 14.6 Å². The number of ether oxygens (including phenoxy) is 1. The van der Waals surface area contributed by atoms with Gasteiger partial charge in [-0.2, -0.15) is 25.1 Å². The van der Waals surface area contributed by atoms with Gasteiger partial charge in [0.2, 0.25) is 17.6 Å². The Hall–Kier alpha value is -2.81. The van der Waals surface area contributed by atoms with Gasteiger partial charge in [0.25, 0.3) is 0 Å². The second-order valence-electron chi connectivity index (χ2n) is 5.76. The molecule has 0 bridgehead atoms. The Morgan fingerprint density at radius 3 is 2.96 bits per heavy atom. The van der Waals surface area contributed by atoms with Crippen LogP contribution in [-0.4, -0.2) is 22.7 Å². The summed E-state index contributed by atoms with van der Waals surface area (Å²) in [5.74, 6) is 0.718. The number of hydrogen-bond donors (Lipinski definition) is 1. The van der Waals surface area contributed by atoms with Crippen LogP contribution >= 0.6 is 11.3 Å². The molecule has 0 spiro atoms. The molecule has 142 valence electrons. The van der Waals surface area contributed by atoms with Gasteiger partial charge in [-0.3, -0.25) is 4.79 Å². The summed E-state index contributed by atoms with van der Waals surface area (Å²) in [6.07, 6.45) is 0.479. The first kappa shape index (κ1) is 19.0. The number of carbonyl (C=O) groups is 1. The Morgan fingerprint density at radius 1 is 1.37 bits per heavy atom. The Labute approximate surface area is 158 Å². The molecule has 0 aliphatic heterocycles. The molecule has 2 aromatic heterocycles. The molecule has 2 heterocycles. The van der Waals surface area contributed by atoms with Crippen LogP contribution in [0.3, 0.4) is 0 Å². The third-order valence-electron chi connectivity index (χ3n) is 3.77. The topological polar surface area (TPSA) is 77.3 Å². The van der Waals surface area contributed by atoms with E-state index in [0.717, 1.165) is 5.56 Å². The van der Waals surface area contributed by atoms with Crippen molar-refractivity contribution in [3.05, 3.63) is 52.5 Å². The molecular weight excluding hydrogens is 376 g/mol. The quantitative estimate of drug-likeness (QED) is 0.620. The zero-order valence-electron chi connectivity index (χ0n) is 14.4. The summed E-state index contributed by atoms with van der Waals surface area (Å²) in [6.45, 7) is -1.13. The highest BCUT2D eigenvalue weighted by Crippen LogP contribution is 2.21. The summed E-state index contributed by atoms with van der Waals surface area (Å²) in [7, 11) is 0. The fraction of sp³-hybridized carbons (Fsp3) is 0.278. The van der Waals surface area contributed by atoms with Gasteiger partial charge in [0, 0.05) is 23.8 Å². The Balaban J connectivity index is 1.52. The lowest BCUT2D eigenvalue weighted by atomic mass is 10.1. The largest absolute Gasteiger partial charge is 0.435 e. The van der Waals surface area contributed by atoms with E-state index in [0.29, 0.717) is 23.7 Å². The second-order valence-corrected chi connectivity index (χ2v) is 6.54. The Kier molecular flexibility index (Phi) is 6.12. The molecule has 1 amide bonds. The van der Waals surface area contributed by atoms with Crippen LogP contribution in [0.1, 0.15) is 30.8 Å². The van der Waals surface area contributed by atoms with Crippen molar-refractivity contribution in [2.75, 3.05) is 0 Å². The van der Waals surface area contributed by atoms with Crippen molar-refractivity contribution >= 4 is 17.2 Å². The van der Waals surface area contributed by atoms with E-state index in [1.54, 1.807) is 19.1 Å². The molecule has 9 heteroatoms. The van der Waals surface area contributed by atoms with Crippen LogP contribution in [0.4, 0.5) is 8.78 Å². The number of rotatable bonds is 8. The van der Waals surface area contributed by atoms with E-state index in [2.05, 4.69) is 20.2 Å². The molecule has 0 fully saturated rings. The predicted molar refractivity (Wildman–Crippen MR) is 95.6 cm³/mol. The van der Waals surface area contributed by atoms with Crippen LogP contribution in [0.5, 0.6) is 5.75 Å². The molecule has 0 saturated carbocycles. The number of thiophene rings is 1. The number of alkyl halides is 2. The lowest BCUT2D eigenvalue weighted by molar-refractivity contribution is -0.121. The zero-order chi connectivity index (χ0) is 19.2. The van der Waals surface area contributed by atoms with Crippen LogP contribution in [0, 0.1) is 0 Å². The smallest absolute Gasteiger partial charge is 0.387 e. The highest BCUT2D eigenvalue weighted by atomic mass is 32.1. The molecule has 6 nitrogen and oxygen atoms in total. The molecule has 1 aromatic carbocycles. The van der Waals surface area contributed by atoms with E-state index in [4.69, 9.17) is 4.52 Å². The van der Waals surface area contributed by atoms with Crippen molar-refractivity contribution in [3.8, 4) is 17.1 Å². The van der Waals surface area contributed by atoms with Crippen LogP contribution in [0.2, 0.25) is 0 Å². The van der Waals surface area contributed by atoms with Gasteiger partial charge in [0.1, 0.15) is 5.75 Å². The van der Waals surface area contributed by atoms with Crippen LogP contribution in [-0.2, 0) is 11.2 Å². The average Bonchev–Trinajstić information content (AvgIpc) is 3.31. The van der Waals surface area contributed by atoms with E-state index in [-0.39, 0.29) is 24.1 Å². The number of hydrogen-bond acceptors (Lipinski definition) is 6. The maximum absolute atomic E-state index is 12.3. The molecule has 1 atom stereocenters. The minimum absolute atomic E-state index is 0.0513. The van der Waals surface area contributed by atoms with Gasteiger partial charge in [-0.05, 0) is 36.1 Å². The number of benzene rings is 1. The van der Waals surface area contributed by atoms with Crippen molar-refractivity contribution in [3.63, 3.8) is 0 Å². The minimum atomic E-state index is -2.89. The van der Waals surface area contributed by atoms with Crippen molar-refractivity contribution in [1.82, 2.24) is 15.5 Å². The predicted octanol–water partition coefficient (Wildman–Crippen LogP) is 4.21. The van der Waals surface area contributed by atoms with E-state index in [1.165, 1.54) is 23.5 Å². The van der Waals surface area contributed by atoms with Crippen molar-refractivity contribution in [2.24, 2.45) is 0 Å². The van der Waals surface area contributed by atoms with Crippen molar-refractivity contribution < 1.29 is 22.8 Å². The first-order valence-corrected chi connectivity index (χ1v) is 9.15. The number of halogens is 2. The van der Waals surface area contributed by atoms with Gasteiger partial charge in [0.05, 0.1) is 6.04 Å². The lowest BCUT2D eigenvalue weighted by Crippen LogP contribution is -2.26. The van der Waals surface area contributed by atoms with Crippen LogP contribution in [0.25, 0.3) is 11.4 Å². The van der Waals surface area contributed by atoms with Gasteiger partial charge >= 0.3 is 6.61 Å². The molecule has 0 radical (unpaired) electrons. The molecule has 1 unspecified atom stereocenters. The van der Waals surface area contributed by atoms with Gasteiger partial charge in [-0.1, -0.05) is 17.3 Å². The number of amides is 1. The molecular formula is C18H17F2N3O3S. The molecule has 0 aliphatic rings. The third-order valence-corrected chi connectivity index (χ3v) is 4.46. The summed E-state index contributed by atoms with van der Waals surface area (Å²) in [6, 6.07) is 7.77. The van der Waals surface area contributed by atoms with Crippen molar-refractivity contribution in [1.29, 1.82) is 0 Å². The zero-order valence-corrected chi connectivity index (χ0v) is 15.2. The lowest BCUT2D eigenvalue weighted by Gasteiger charge is -2.15. The molecule has 1 N–H and O–H groups in total. The van der Waals surface area contributed by atoms with E-state index in [1.807, 2.05) is 16.8 Å². The maximum atomic E-state index is 12.3. The summed E-state index contributed by atoms with van der Waals surface area (Å²) in [5, 5.41) is 10.5. The molecule has 27 heavy (non-hydrogen) atoms. The van der Waals surface area contributed by atoms with Crippen molar-refractivity contribution in [2.45, 2.75) is 32.4 Å². The van der Waals surface area contributed by atoms with Gasteiger partial charge in [-0.15, -0.1) is 0 Å². The first-order valence-electron chi connectivity index (χ1n) is 8.20. The summed E-state index contributed by atoms with van der Waals surface area (Å²) >= 11 is 1.53. The normalized spacial score (nSPS) is 12.1. The van der Waals surface area contributed by atoms with E-state index in [9.17, 15) is 13.6 Å². The summed E-state index contributed by atoms with van der Waals surface area (Å²) in [5.41, 5.74) is 1.54. The van der Waals surface area contributed by atoms with E-state index >= 15 is 0 Å². The first-order chi connectivity index (χ1) is 13.0. The minimum Gasteiger partial charge on any atom is -0.435 e. The van der Waals surface area contributed by atoms with Crippen LogP contribution in [0.15, 0.2) is 45.6 Å². The molecule has 0 saturated heterocycles. The van der Waals surface area contributed by atoms with Gasteiger partial charge in [-0.25, -0.2) is 0 Å². The third kappa shape index (κ3) is 5.33. The number of aromatic nitrogens is 2. The second kappa shape index (κ2) is 8.72. The summed E-state index contributed by atoms with van der Waals surface area (Å²) < 4.78 is 34.1. The average molecular weight is 393 g/mol. The number of nitrogens with one attached hydrogen (secondary N) is 1. The molecule has 0 aliphatic carbocycles. The fourth-order valence-corrected chi connectivity index (χ4v) is 3.08. The van der Waals surface area contributed by atoms with Crippen LogP contribution < -0.4 is 10.1 Å². The van der Waals surface area contributed by atoms with E-state index < -0.39 is 6.61 Å². The molecule has 3 aromatic rings. The highest BCUT2D eigenvalue weighted by Gasteiger charge is 2.14.